The van der Waals surface area contributed by atoms with Gasteiger partial charge in [0.05, 0.1) is 12.4 Å². The van der Waals surface area contributed by atoms with Crippen molar-refractivity contribution in [1.29, 1.82) is 5.26 Å². The molecule has 0 aliphatic heterocycles. The molecular formula is C10H12N4O. The minimum absolute atomic E-state index is 0.134. The summed E-state index contributed by atoms with van der Waals surface area (Å²) < 4.78 is 1.88. The zero-order chi connectivity index (χ0) is 10.7. The number of nitrogens with one attached hydrogen (secondary N) is 1. The van der Waals surface area contributed by atoms with Gasteiger partial charge in [0.2, 0.25) is 5.91 Å². The maximum absolute atomic E-state index is 11.5. The van der Waals surface area contributed by atoms with E-state index in [0.717, 1.165) is 0 Å². The molecule has 15 heavy (non-hydrogen) atoms. The summed E-state index contributed by atoms with van der Waals surface area (Å²) in [5.41, 5.74) is -0.713. The van der Waals surface area contributed by atoms with Gasteiger partial charge in [-0.05, 0) is 12.8 Å². The summed E-state index contributed by atoms with van der Waals surface area (Å²) in [5, 5.41) is 11.5. The quantitative estimate of drug-likeness (QED) is 0.767. The second-order valence-electron chi connectivity index (χ2n) is 3.75. The van der Waals surface area contributed by atoms with Crippen LogP contribution >= 0.6 is 0 Å². The highest BCUT2D eigenvalue weighted by Gasteiger charge is 2.50. The molecule has 0 radical (unpaired) electrons. The average molecular weight is 204 g/mol. The molecule has 1 aromatic rings. The van der Waals surface area contributed by atoms with E-state index >= 15 is 0 Å². The molecule has 1 heterocycles. The SMILES string of the molecule is N#CC1(C(=O)NCCn2ccnc2)CC1. The number of hydrogen-bond donors (Lipinski definition) is 1. The van der Waals surface area contributed by atoms with Crippen LogP contribution in [0.3, 0.4) is 0 Å². The molecule has 1 saturated carbocycles. The van der Waals surface area contributed by atoms with Gasteiger partial charge < -0.3 is 9.88 Å². The summed E-state index contributed by atoms with van der Waals surface area (Å²) in [7, 11) is 0. The molecule has 1 aliphatic carbocycles. The predicted octanol–water partition coefficient (Wildman–Crippen LogP) is 0.303. The van der Waals surface area contributed by atoms with Gasteiger partial charge in [-0.25, -0.2) is 4.98 Å². The number of imidazole rings is 1. The lowest BCUT2D eigenvalue weighted by atomic mass is 10.1. The van der Waals surface area contributed by atoms with E-state index in [1.807, 2.05) is 10.8 Å². The molecule has 1 aromatic heterocycles. The number of nitrogens with zero attached hydrogens (tertiary/aromatic N) is 3. The largest absolute Gasteiger partial charge is 0.353 e. The Morgan fingerprint density at radius 1 is 1.67 bits per heavy atom. The van der Waals surface area contributed by atoms with Crippen molar-refractivity contribution >= 4 is 5.91 Å². The van der Waals surface area contributed by atoms with Crippen LogP contribution in [0.25, 0.3) is 0 Å². The van der Waals surface area contributed by atoms with E-state index in [-0.39, 0.29) is 5.91 Å². The zero-order valence-electron chi connectivity index (χ0n) is 8.31. The number of aromatic nitrogens is 2. The van der Waals surface area contributed by atoms with Crippen molar-refractivity contribution in [2.75, 3.05) is 6.54 Å². The first kappa shape index (κ1) is 9.71. The van der Waals surface area contributed by atoms with E-state index in [1.165, 1.54) is 0 Å². The van der Waals surface area contributed by atoms with Crippen molar-refractivity contribution < 1.29 is 4.79 Å². The second-order valence-corrected chi connectivity index (χ2v) is 3.75. The minimum Gasteiger partial charge on any atom is -0.353 e. The molecule has 0 aromatic carbocycles. The van der Waals surface area contributed by atoms with E-state index in [9.17, 15) is 4.79 Å². The molecule has 5 heteroatoms. The summed E-state index contributed by atoms with van der Waals surface area (Å²) in [4.78, 5) is 15.4. The molecule has 0 unspecified atom stereocenters. The molecule has 5 nitrogen and oxygen atoms in total. The number of amides is 1. The first-order valence-electron chi connectivity index (χ1n) is 4.92. The molecule has 1 amide bonds. The molecule has 78 valence electrons. The Kier molecular flexibility index (Phi) is 2.42. The molecule has 1 aliphatic rings. The lowest BCUT2D eigenvalue weighted by molar-refractivity contribution is -0.124. The van der Waals surface area contributed by atoms with Gasteiger partial charge >= 0.3 is 0 Å². The molecule has 0 saturated heterocycles. The molecule has 2 rings (SSSR count). The standard InChI is InChI=1S/C10H12N4O/c11-7-10(1-2-10)9(15)13-4-6-14-5-3-12-8-14/h3,5,8H,1-2,4,6H2,(H,13,15). The van der Waals surface area contributed by atoms with Gasteiger partial charge in [0.15, 0.2) is 0 Å². The number of nitriles is 1. The summed E-state index contributed by atoms with van der Waals surface area (Å²) in [6, 6.07) is 2.06. The molecule has 1 fully saturated rings. The van der Waals surface area contributed by atoms with Gasteiger partial charge in [-0.3, -0.25) is 4.79 Å². The van der Waals surface area contributed by atoms with Crippen LogP contribution in [0.1, 0.15) is 12.8 Å². The summed E-state index contributed by atoms with van der Waals surface area (Å²) in [5.74, 6) is -0.134. The highest BCUT2D eigenvalue weighted by Crippen LogP contribution is 2.44. The predicted molar refractivity (Wildman–Crippen MR) is 52.5 cm³/mol. The lowest BCUT2D eigenvalue weighted by Gasteiger charge is -2.08. The van der Waals surface area contributed by atoms with Crippen molar-refractivity contribution in [2.45, 2.75) is 19.4 Å². The molecular weight excluding hydrogens is 192 g/mol. The fourth-order valence-corrected chi connectivity index (χ4v) is 1.40. The Bertz CT molecular complexity index is 386. The van der Waals surface area contributed by atoms with Crippen molar-refractivity contribution in [1.82, 2.24) is 14.9 Å². The van der Waals surface area contributed by atoms with Crippen LogP contribution in [-0.2, 0) is 11.3 Å². The minimum atomic E-state index is -0.713. The normalized spacial score (nSPS) is 16.7. The highest BCUT2D eigenvalue weighted by atomic mass is 16.2. The Labute approximate surface area is 87.7 Å². The third kappa shape index (κ3) is 1.99. The summed E-state index contributed by atoms with van der Waals surface area (Å²) in [6.45, 7) is 1.23. The van der Waals surface area contributed by atoms with Gasteiger partial charge in [-0.2, -0.15) is 5.26 Å². The smallest absolute Gasteiger partial charge is 0.240 e. The van der Waals surface area contributed by atoms with Crippen molar-refractivity contribution in [3.63, 3.8) is 0 Å². The first-order valence-corrected chi connectivity index (χ1v) is 4.92. The third-order valence-corrected chi connectivity index (χ3v) is 2.61. The van der Waals surface area contributed by atoms with Gasteiger partial charge in [-0.1, -0.05) is 0 Å². The number of hydrogen-bond acceptors (Lipinski definition) is 3. The highest BCUT2D eigenvalue weighted by molar-refractivity contribution is 5.88. The lowest BCUT2D eigenvalue weighted by Crippen LogP contribution is -2.33. The van der Waals surface area contributed by atoms with Crippen LogP contribution in [0.4, 0.5) is 0 Å². The van der Waals surface area contributed by atoms with Crippen LogP contribution in [0, 0.1) is 16.7 Å². The van der Waals surface area contributed by atoms with Crippen LogP contribution in [0.5, 0.6) is 0 Å². The number of carbonyl (C=O) groups excluding carboxylic acids is 1. The second kappa shape index (κ2) is 3.73. The average Bonchev–Trinajstić information content (AvgIpc) is 2.90. The van der Waals surface area contributed by atoms with Gasteiger partial charge in [0.1, 0.15) is 5.41 Å². The number of carbonyl (C=O) groups is 1. The summed E-state index contributed by atoms with van der Waals surface area (Å²) in [6.07, 6.45) is 6.62. The van der Waals surface area contributed by atoms with Gasteiger partial charge in [0, 0.05) is 25.5 Å². The van der Waals surface area contributed by atoms with Crippen molar-refractivity contribution in [3.05, 3.63) is 18.7 Å². The van der Waals surface area contributed by atoms with Crippen LogP contribution in [-0.4, -0.2) is 22.0 Å². The van der Waals surface area contributed by atoms with Crippen LogP contribution in [0.2, 0.25) is 0 Å². The fraction of sp³-hybridized carbons (Fsp3) is 0.500. The van der Waals surface area contributed by atoms with Gasteiger partial charge in [0.25, 0.3) is 0 Å². The van der Waals surface area contributed by atoms with Crippen LogP contribution in [0.15, 0.2) is 18.7 Å². The molecule has 1 N–H and O–H groups in total. The zero-order valence-corrected chi connectivity index (χ0v) is 8.31. The Morgan fingerprint density at radius 3 is 3.00 bits per heavy atom. The molecule has 0 bridgehead atoms. The first-order chi connectivity index (χ1) is 7.27. The third-order valence-electron chi connectivity index (χ3n) is 2.61. The van der Waals surface area contributed by atoms with Gasteiger partial charge in [-0.15, -0.1) is 0 Å². The summed E-state index contributed by atoms with van der Waals surface area (Å²) >= 11 is 0. The number of rotatable bonds is 4. The maximum Gasteiger partial charge on any atom is 0.240 e. The topological polar surface area (TPSA) is 70.7 Å². The molecule has 0 spiro atoms. The maximum atomic E-state index is 11.5. The van der Waals surface area contributed by atoms with Crippen molar-refractivity contribution in [2.24, 2.45) is 5.41 Å². The fourth-order valence-electron chi connectivity index (χ4n) is 1.40. The molecule has 0 atom stereocenters. The monoisotopic (exact) mass is 204 g/mol. The Hall–Kier alpha value is -1.83. The van der Waals surface area contributed by atoms with E-state index in [1.54, 1.807) is 12.5 Å². The van der Waals surface area contributed by atoms with Crippen molar-refractivity contribution in [3.8, 4) is 6.07 Å². The Balaban J connectivity index is 1.75. The Morgan fingerprint density at radius 2 is 2.47 bits per heavy atom. The van der Waals surface area contributed by atoms with E-state index < -0.39 is 5.41 Å². The van der Waals surface area contributed by atoms with E-state index in [0.29, 0.717) is 25.9 Å². The van der Waals surface area contributed by atoms with E-state index in [2.05, 4.69) is 16.4 Å². The van der Waals surface area contributed by atoms with Crippen LogP contribution < -0.4 is 5.32 Å². The van der Waals surface area contributed by atoms with E-state index in [4.69, 9.17) is 5.26 Å².